The molecule has 0 N–H and O–H groups in total. The number of rotatable bonds is 7. The number of unbranched alkanes of at least 4 members (excludes halogenated alkanes) is 4. The lowest BCUT2D eigenvalue weighted by Gasteiger charge is -2.18. The Hall–Kier alpha value is -0.0400. The van der Waals surface area contributed by atoms with Gasteiger partial charge in [-0.2, -0.15) is 0 Å². The molecule has 0 aromatic heterocycles. The molecule has 1 heteroatoms. The summed E-state index contributed by atoms with van der Waals surface area (Å²) in [6, 6.07) is 0. The zero-order valence-electron chi connectivity index (χ0n) is 9.93. The maximum atomic E-state index is 5.69. The van der Waals surface area contributed by atoms with Crippen molar-refractivity contribution in [3.63, 3.8) is 0 Å². The first-order chi connectivity index (χ1) is 6.84. The Morgan fingerprint density at radius 2 is 2.00 bits per heavy atom. The van der Waals surface area contributed by atoms with Gasteiger partial charge in [0.15, 0.2) is 0 Å². The number of hydrogen-bond donors (Lipinski definition) is 0. The summed E-state index contributed by atoms with van der Waals surface area (Å²) in [6.45, 7) is 5.63. The Morgan fingerprint density at radius 3 is 2.64 bits per heavy atom. The van der Waals surface area contributed by atoms with Crippen LogP contribution in [0.15, 0.2) is 0 Å². The van der Waals surface area contributed by atoms with Crippen LogP contribution in [0.4, 0.5) is 0 Å². The standard InChI is InChI=1S/C13H26O/c1-3-4-5-6-7-9-12(2)13-10-8-11-14-13/h12-13H,3-11H2,1-2H3. The van der Waals surface area contributed by atoms with E-state index in [1.807, 2.05) is 0 Å². The van der Waals surface area contributed by atoms with Crippen LogP contribution in [-0.2, 0) is 4.74 Å². The van der Waals surface area contributed by atoms with Crippen molar-refractivity contribution in [1.82, 2.24) is 0 Å². The van der Waals surface area contributed by atoms with Crippen molar-refractivity contribution in [1.29, 1.82) is 0 Å². The van der Waals surface area contributed by atoms with E-state index < -0.39 is 0 Å². The molecule has 1 aliphatic heterocycles. The first kappa shape index (κ1) is 12.0. The highest BCUT2D eigenvalue weighted by Crippen LogP contribution is 2.24. The fourth-order valence-corrected chi connectivity index (χ4v) is 2.31. The number of ether oxygens (including phenoxy) is 1. The van der Waals surface area contributed by atoms with Crippen molar-refractivity contribution in [3.05, 3.63) is 0 Å². The van der Waals surface area contributed by atoms with Crippen molar-refractivity contribution < 1.29 is 4.74 Å². The Bertz CT molecular complexity index is 127. The molecular weight excluding hydrogens is 172 g/mol. The summed E-state index contributed by atoms with van der Waals surface area (Å²) in [5.74, 6) is 0.791. The normalized spacial score (nSPS) is 24.0. The van der Waals surface area contributed by atoms with Gasteiger partial charge in [0.25, 0.3) is 0 Å². The van der Waals surface area contributed by atoms with Crippen LogP contribution in [0.25, 0.3) is 0 Å². The van der Waals surface area contributed by atoms with Crippen LogP contribution in [0, 0.1) is 5.92 Å². The lowest BCUT2D eigenvalue weighted by molar-refractivity contribution is 0.0653. The lowest BCUT2D eigenvalue weighted by atomic mass is 9.95. The third kappa shape index (κ3) is 4.45. The minimum Gasteiger partial charge on any atom is -0.378 e. The zero-order chi connectivity index (χ0) is 10.2. The third-order valence-corrected chi connectivity index (χ3v) is 3.36. The smallest absolute Gasteiger partial charge is 0.0601 e. The molecule has 1 fully saturated rings. The molecule has 1 heterocycles. The molecule has 0 amide bonds. The lowest BCUT2D eigenvalue weighted by Crippen LogP contribution is -2.16. The van der Waals surface area contributed by atoms with Crippen LogP contribution in [0.1, 0.15) is 65.2 Å². The summed E-state index contributed by atoms with van der Waals surface area (Å²) in [7, 11) is 0. The molecule has 1 nitrogen and oxygen atoms in total. The van der Waals surface area contributed by atoms with Gasteiger partial charge in [0.1, 0.15) is 0 Å². The summed E-state index contributed by atoms with van der Waals surface area (Å²) >= 11 is 0. The van der Waals surface area contributed by atoms with Crippen LogP contribution in [0.3, 0.4) is 0 Å². The summed E-state index contributed by atoms with van der Waals surface area (Å²) in [5, 5.41) is 0. The van der Waals surface area contributed by atoms with Gasteiger partial charge in [0, 0.05) is 6.61 Å². The first-order valence-corrected chi connectivity index (χ1v) is 6.46. The SMILES string of the molecule is CCCCCCCC(C)C1CCCO1. The fraction of sp³-hybridized carbons (Fsp3) is 1.00. The van der Waals surface area contributed by atoms with Gasteiger partial charge in [-0.3, -0.25) is 0 Å². The van der Waals surface area contributed by atoms with Crippen molar-refractivity contribution in [2.24, 2.45) is 5.92 Å². The highest BCUT2D eigenvalue weighted by molar-refractivity contribution is 4.71. The highest BCUT2D eigenvalue weighted by Gasteiger charge is 2.21. The third-order valence-electron chi connectivity index (χ3n) is 3.36. The van der Waals surface area contributed by atoms with Crippen molar-refractivity contribution in [2.75, 3.05) is 6.61 Å². The van der Waals surface area contributed by atoms with Crippen molar-refractivity contribution in [2.45, 2.75) is 71.3 Å². The van der Waals surface area contributed by atoms with E-state index in [2.05, 4.69) is 13.8 Å². The van der Waals surface area contributed by atoms with Gasteiger partial charge in [-0.25, -0.2) is 0 Å². The summed E-state index contributed by atoms with van der Waals surface area (Å²) in [4.78, 5) is 0. The average molecular weight is 198 g/mol. The van der Waals surface area contributed by atoms with Gasteiger partial charge in [0.05, 0.1) is 6.10 Å². The molecule has 0 spiro atoms. The molecule has 2 atom stereocenters. The van der Waals surface area contributed by atoms with Crippen molar-refractivity contribution >= 4 is 0 Å². The van der Waals surface area contributed by atoms with Gasteiger partial charge in [-0.1, -0.05) is 46.0 Å². The molecule has 14 heavy (non-hydrogen) atoms. The molecule has 1 aliphatic rings. The molecule has 0 aromatic rings. The van der Waals surface area contributed by atoms with E-state index in [0.717, 1.165) is 12.5 Å². The zero-order valence-corrected chi connectivity index (χ0v) is 9.93. The van der Waals surface area contributed by atoms with Gasteiger partial charge >= 0.3 is 0 Å². The molecule has 84 valence electrons. The van der Waals surface area contributed by atoms with Crippen LogP contribution in [0.2, 0.25) is 0 Å². The van der Waals surface area contributed by atoms with Gasteiger partial charge in [-0.15, -0.1) is 0 Å². The van der Waals surface area contributed by atoms with Gasteiger partial charge in [-0.05, 0) is 25.2 Å². The maximum absolute atomic E-state index is 5.69. The predicted octanol–water partition coefficient (Wildman–Crippen LogP) is 4.16. The molecule has 0 aromatic carbocycles. The van der Waals surface area contributed by atoms with E-state index >= 15 is 0 Å². The van der Waals surface area contributed by atoms with E-state index in [0.29, 0.717) is 6.10 Å². The largest absolute Gasteiger partial charge is 0.378 e. The van der Waals surface area contributed by atoms with Crippen LogP contribution >= 0.6 is 0 Å². The Morgan fingerprint density at radius 1 is 1.21 bits per heavy atom. The van der Waals surface area contributed by atoms with Crippen LogP contribution in [-0.4, -0.2) is 12.7 Å². The maximum Gasteiger partial charge on any atom is 0.0601 e. The molecule has 0 aliphatic carbocycles. The first-order valence-electron chi connectivity index (χ1n) is 6.46. The average Bonchev–Trinajstić information content (AvgIpc) is 2.70. The fourth-order valence-electron chi connectivity index (χ4n) is 2.31. The second-order valence-electron chi connectivity index (χ2n) is 4.73. The topological polar surface area (TPSA) is 9.23 Å². The molecule has 0 saturated carbocycles. The van der Waals surface area contributed by atoms with E-state index in [4.69, 9.17) is 4.74 Å². The van der Waals surface area contributed by atoms with Crippen molar-refractivity contribution in [3.8, 4) is 0 Å². The van der Waals surface area contributed by atoms with E-state index in [-0.39, 0.29) is 0 Å². The van der Waals surface area contributed by atoms with Gasteiger partial charge in [0.2, 0.25) is 0 Å². The molecule has 0 bridgehead atoms. The molecule has 1 rings (SSSR count). The summed E-state index contributed by atoms with van der Waals surface area (Å²) in [5.41, 5.74) is 0. The minimum absolute atomic E-state index is 0.584. The molecule has 2 unspecified atom stereocenters. The molecular formula is C13H26O. The monoisotopic (exact) mass is 198 g/mol. The van der Waals surface area contributed by atoms with E-state index in [1.54, 1.807) is 0 Å². The van der Waals surface area contributed by atoms with Crippen LogP contribution < -0.4 is 0 Å². The number of hydrogen-bond acceptors (Lipinski definition) is 1. The minimum atomic E-state index is 0.584. The Kier molecular flexibility index (Phi) is 6.25. The molecule has 1 saturated heterocycles. The summed E-state index contributed by atoms with van der Waals surface area (Å²) in [6.07, 6.45) is 11.5. The van der Waals surface area contributed by atoms with Crippen LogP contribution in [0.5, 0.6) is 0 Å². The quantitative estimate of drug-likeness (QED) is 0.558. The van der Waals surface area contributed by atoms with E-state index in [1.165, 1.54) is 51.4 Å². The van der Waals surface area contributed by atoms with E-state index in [9.17, 15) is 0 Å². The second kappa shape index (κ2) is 7.28. The summed E-state index contributed by atoms with van der Waals surface area (Å²) < 4.78 is 5.69. The Labute approximate surface area is 89.2 Å². The highest BCUT2D eigenvalue weighted by atomic mass is 16.5. The molecule has 0 radical (unpaired) electrons. The predicted molar refractivity (Wildman–Crippen MR) is 61.5 cm³/mol. The second-order valence-corrected chi connectivity index (χ2v) is 4.73. The Balaban J connectivity index is 1.94. The van der Waals surface area contributed by atoms with Gasteiger partial charge < -0.3 is 4.74 Å².